The fourth-order valence-electron chi connectivity index (χ4n) is 5.04. The number of carbonyl (C=O) groups is 2. The highest BCUT2D eigenvalue weighted by Crippen LogP contribution is 2.30. The fraction of sp³-hybridized carbons (Fsp3) is 0.600. The van der Waals surface area contributed by atoms with Crippen molar-refractivity contribution in [1.29, 1.82) is 0 Å². The van der Waals surface area contributed by atoms with Gasteiger partial charge in [-0.2, -0.15) is 26.3 Å². The lowest BCUT2D eigenvalue weighted by atomic mass is 10.0. The Balaban J connectivity index is 0.000000263. The van der Waals surface area contributed by atoms with Crippen molar-refractivity contribution in [3.05, 3.63) is 47.3 Å². The predicted octanol–water partition coefficient (Wildman–Crippen LogP) is 3.94. The van der Waals surface area contributed by atoms with Gasteiger partial charge >= 0.3 is 24.3 Å². The van der Waals surface area contributed by atoms with E-state index >= 15 is 0 Å². The van der Waals surface area contributed by atoms with Crippen molar-refractivity contribution in [2.45, 2.75) is 69.5 Å². The number of carboxylic acid groups (broad SMARTS) is 2. The van der Waals surface area contributed by atoms with Crippen molar-refractivity contribution < 1.29 is 46.1 Å². The van der Waals surface area contributed by atoms with Crippen LogP contribution in [0.3, 0.4) is 0 Å². The third kappa shape index (κ3) is 9.18. The molecule has 9 nitrogen and oxygen atoms in total. The van der Waals surface area contributed by atoms with Gasteiger partial charge in [0, 0.05) is 25.7 Å². The van der Waals surface area contributed by atoms with Gasteiger partial charge < -0.3 is 10.2 Å². The summed E-state index contributed by atoms with van der Waals surface area (Å²) in [5.74, 6) is -5.51. The van der Waals surface area contributed by atoms with Gasteiger partial charge in [-0.3, -0.25) is 9.80 Å². The molecule has 0 amide bonds. The quantitative estimate of drug-likeness (QED) is 0.524. The summed E-state index contributed by atoms with van der Waals surface area (Å²) in [6.45, 7) is 5.78. The molecule has 0 saturated carbocycles. The molecule has 0 unspecified atom stereocenters. The van der Waals surface area contributed by atoms with E-state index in [1.807, 2.05) is 0 Å². The van der Waals surface area contributed by atoms with Crippen molar-refractivity contribution in [2.24, 2.45) is 0 Å². The van der Waals surface area contributed by atoms with Gasteiger partial charge in [0.2, 0.25) is 0 Å². The molecule has 1 aliphatic carbocycles. The molecular weight excluding hydrogens is 548 g/mol. The van der Waals surface area contributed by atoms with Crippen LogP contribution in [0, 0.1) is 0 Å². The first kappa shape index (κ1) is 31.3. The molecule has 1 aromatic heterocycles. The summed E-state index contributed by atoms with van der Waals surface area (Å²) in [4.78, 5) is 23.0. The van der Waals surface area contributed by atoms with Gasteiger partial charge in [-0.05, 0) is 62.7 Å². The molecule has 2 saturated heterocycles. The first-order valence-corrected chi connectivity index (χ1v) is 12.8. The average molecular weight is 580 g/mol. The Morgan fingerprint density at radius 3 is 1.75 bits per heavy atom. The predicted molar refractivity (Wildman–Crippen MR) is 129 cm³/mol. The topological polar surface area (TPSA) is 112 Å². The number of aliphatic carboxylic acids is 2. The van der Waals surface area contributed by atoms with Gasteiger partial charge in [0.05, 0.1) is 17.9 Å². The van der Waals surface area contributed by atoms with Crippen LogP contribution in [0.1, 0.15) is 48.5 Å². The molecule has 3 aliphatic rings. The van der Waals surface area contributed by atoms with E-state index in [9.17, 15) is 26.3 Å². The summed E-state index contributed by atoms with van der Waals surface area (Å²) in [6, 6.07) is 10.2. The highest BCUT2D eigenvalue weighted by atomic mass is 19.4. The van der Waals surface area contributed by atoms with Gasteiger partial charge in [0.15, 0.2) is 0 Å². The minimum Gasteiger partial charge on any atom is -0.475 e. The number of hydrogen-bond donors (Lipinski definition) is 2. The van der Waals surface area contributed by atoms with Crippen LogP contribution in [0.2, 0.25) is 0 Å². The Morgan fingerprint density at radius 2 is 1.30 bits per heavy atom. The summed E-state index contributed by atoms with van der Waals surface area (Å²) in [6.07, 6.45) is -0.466. The molecule has 40 heavy (non-hydrogen) atoms. The van der Waals surface area contributed by atoms with Gasteiger partial charge in [-0.25, -0.2) is 14.3 Å². The lowest BCUT2D eigenvalue weighted by Gasteiger charge is -2.35. The summed E-state index contributed by atoms with van der Waals surface area (Å²) in [5.41, 5.74) is 4.26. The second kappa shape index (κ2) is 13.4. The summed E-state index contributed by atoms with van der Waals surface area (Å²) in [7, 11) is 0. The van der Waals surface area contributed by atoms with Gasteiger partial charge in [0.25, 0.3) is 0 Å². The molecule has 2 N–H and O–H groups in total. The lowest BCUT2D eigenvalue weighted by molar-refractivity contribution is -0.193. The number of nitrogens with zero attached hydrogens (tertiary/aromatic N) is 5. The molecule has 0 bridgehead atoms. The number of hydrogen-bond acceptors (Lipinski definition) is 6. The number of carboxylic acids is 2. The standard InChI is InChI=1S/C21H29N5.2C2HF3O2/c1-2-6-18-14-21(13-17(18)5-1)25-11-7-20(8-12-25)26-16-19(22-23-26)15-24-9-3-4-10-24;2*3-2(4,5)1(6)7/h1-2,5-6,16,20-21H,3-4,7-15H2;2*(H,6,7). The van der Waals surface area contributed by atoms with Crippen LogP contribution in [-0.4, -0.2) is 91.5 Å². The van der Waals surface area contributed by atoms with Crippen molar-refractivity contribution in [3.63, 3.8) is 0 Å². The minimum atomic E-state index is -5.08. The van der Waals surface area contributed by atoms with E-state index in [2.05, 4.69) is 55.3 Å². The second-order valence-corrected chi connectivity index (χ2v) is 9.88. The highest BCUT2D eigenvalue weighted by Gasteiger charge is 2.39. The molecule has 5 rings (SSSR count). The number of likely N-dealkylation sites (tertiary alicyclic amines) is 2. The molecule has 0 radical (unpaired) electrons. The van der Waals surface area contributed by atoms with Crippen LogP contribution in [-0.2, 0) is 29.0 Å². The summed E-state index contributed by atoms with van der Waals surface area (Å²) >= 11 is 0. The molecule has 2 aromatic rings. The maximum Gasteiger partial charge on any atom is 0.490 e. The van der Waals surface area contributed by atoms with E-state index in [4.69, 9.17) is 19.8 Å². The molecule has 3 heterocycles. The zero-order valence-electron chi connectivity index (χ0n) is 21.5. The molecule has 1 aromatic carbocycles. The number of aromatic nitrogens is 3. The number of piperidine rings is 1. The van der Waals surface area contributed by atoms with Gasteiger partial charge in [-0.1, -0.05) is 29.5 Å². The lowest BCUT2D eigenvalue weighted by Crippen LogP contribution is -2.42. The zero-order chi connectivity index (χ0) is 29.5. The van der Waals surface area contributed by atoms with E-state index in [0.29, 0.717) is 12.1 Å². The van der Waals surface area contributed by atoms with Crippen LogP contribution >= 0.6 is 0 Å². The zero-order valence-corrected chi connectivity index (χ0v) is 21.5. The Morgan fingerprint density at radius 1 is 0.825 bits per heavy atom. The van der Waals surface area contributed by atoms with Crippen LogP contribution in [0.5, 0.6) is 0 Å². The third-order valence-electron chi connectivity index (χ3n) is 7.05. The Bertz CT molecular complexity index is 1080. The molecular formula is C25H31F6N5O4. The largest absolute Gasteiger partial charge is 0.490 e. The smallest absolute Gasteiger partial charge is 0.475 e. The summed E-state index contributed by atoms with van der Waals surface area (Å²) in [5, 5.41) is 23.1. The molecule has 0 atom stereocenters. The molecule has 222 valence electrons. The number of halogens is 6. The monoisotopic (exact) mass is 579 g/mol. The molecule has 2 fully saturated rings. The SMILES string of the molecule is O=C(O)C(F)(F)F.O=C(O)C(F)(F)F.c1ccc2c(c1)CC(N1CCC(n3cc(CN4CCCC4)nn3)CC1)C2. The first-order chi connectivity index (χ1) is 18.7. The van der Waals surface area contributed by atoms with Gasteiger partial charge in [-0.15, -0.1) is 5.10 Å². The van der Waals surface area contributed by atoms with Crippen molar-refractivity contribution in [2.75, 3.05) is 26.2 Å². The maximum absolute atomic E-state index is 10.6. The molecule has 0 spiro atoms. The number of rotatable bonds is 4. The van der Waals surface area contributed by atoms with E-state index < -0.39 is 24.3 Å². The number of benzene rings is 1. The third-order valence-corrected chi connectivity index (χ3v) is 7.05. The first-order valence-electron chi connectivity index (χ1n) is 12.8. The molecule has 15 heteroatoms. The number of fused-ring (bicyclic) bond motifs is 1. The maximum atomic E-state index is 10.6. The van der Waals surface area contributed by atoms with E-state index in [1.165, 1.54) is 64.7 Å². The Hall–Kier alpha value is -3.20. The van der Waals surface area contributed by atoms with Crippen LogP contribution in [0.4, 0.5) is 26.3 Å². The average Bonchev–Trinajstić information content (AvgIpc) is 3.65. The molecule has 2 aliphatic heterocycles. The Kier molecular flexibility index (Phi) is 10.5. The van der Waals surface area contributed by atoms with Crippen molar-refractivity contribution in [1.82, 2.24) is 24.8 Å². The van der Waals surface area contributed by atoms with Crippen molar-refractivity contribution >= 4 is 11.9 Å². The van der Waals surface area contributed by atoms with E-state index in [1.54, 1.807) is 11.1 Å². The van der Waals surface area contributed by atoms with Crippen LogP contribution in [0.25, 0.3) is 0 Å². The van der Waals surface area contributed by atoms with E-state index in [-0.39, 0.29) is 0 Å². The second-order valence-electron chi connectivity index (χ2n) is 9.88. The Labute approximate surface area is 226 Å². The fourth-order valence-corrected chi connectivity index (χ4v) is 5.04. The number of alkyl halides is 6. The highest BCUT2D eigenvalue weighted by molar-refractivity contribution is 5.73. The van der Waals surface area contributed by atoms with Crippen molar-refractivity contribution in [3.8, 4) is 0 Å². The van der Waals surface area contributed by atoms with Crippen LogP contribution in [0.15, 0.2) is 30.5 Å². The minimum absolute atomic E-state index is 0.523. The normalized spacial score (nSPS) is 18.9. The van der Waals surface area contributed by atoms with E-state index in [0.717, 1.165) is 12.2 Å². The summed E-state index contributed by atoms with van der Waals surface area (Å²) < 4.78 is 65.6. The van der Waals surface area contributed by atoms with Gasteiger partial charge in [0.1, 0.15) is 0 Å². The van der Waals surface area contributed by atoms with Crippen LogP contribution < -0.4 is 0 Å².